The van der Waals surface area contributed by atoms with Gasteiger partial charge in [-0.15, -0.1) is 0 Å². The van der Waals surface area contributed by atoms with Gasteiger partial charge in [0.1, 0.15) is 17.6 Å². The molecule has 0 spiro atoms. The highest BCUT2D eigenvalue weighted by molar-refractivity contribution is 5.88. The molecule has 0 unspecified atom stereocenters. The number of quaternary nitrogens is 1. The minimum Gasteiger partial charge on any atom is -1.00 e. The second-order valence-corrected chi connectivity index (χ2v) is 10.5. The Bertz CT molecular complexity index is 893. The van der Waals surface area contributed by atoms with E-state index in [0.29, 0.717) is 29.5 Å². The summed E-state index contributed by atoms with van der Waals surface area (Å²) >= 11 is 0. The van der Waals surface area contributed by atoms with E-state index in [1.807, 2.05) is 6.07 Å². The number of hydrogen-bond donors (Lipinski definition) is 0. The molecule has 0 heterocycles. The molecule has 0 aliphatic heterocycles. The van der Waals surface area contributed by atoms with Crippen LogP contribution in [0.4, 0.5) is 4.79 Å². The maximum atomic E-state index is 13.1. The number of rotatable bonds is 7. The predicted octanol–water partition coefficient (Wildman–Crippen LogP) is 2.09. The summed E-state index contributed by atoms with van der Waals surface area (Å²) in [6.07, 6.45) is 3.12. The van der Waals surface area contributed by atoms with Crippen molar-refractivity contribution in [1.29, 1.82) is 0 Å². The molecule has 2 saturated carbocycles. The summed E-state index contributed by atoms with van der Waals surface area (Å²) in [4.78, 5) is 25.9. The normalized spacial score (nSPS) is 29.9. The molecule has 0 N–H and O–H groups in total. The Morgan fingerprint density at radius 2 is 1.85 bits per heavy atom. The van der Waals surface area contributed by atoms with Crippen LogP contribution in [0.2, 0.25) is 0 Å². The molecule has 2 fully saturated rings. The fourth-order valence-corrected chi connectivity index (χ4v) is 6.90. The average Bonchev–Trinajstić information content (AvgIpc) is 3.09. The van der Waals surface area contributed by atoms with Gasteiger partial charge >= 0.3 is 6.16 Å². The third kappa shape index (κ3) is 4.71. The molecule has 190 valence electrons. The maximum absolute atomic E-state index is 13.1. The van der Waals surface area contributed by atoms with Gasteiger partial charge in [-0.05, 0) is 81.5 Å². The number of Topliss-reactive ketones (excluding diaryl/α,β-unsaturated/α-hetero) is 1. The monoisotopic (exact) mass is 585 g/mol. The van der Waals surface area contributed by atoms with Crippen LogP contribution in [-0.4, -0.2) is 56.0 Å². The number of carbonyl (C=O) groups excluding carboxylic acids is 2. The Kier molecular flexibility index (Phi) is 8.59. The van der Waals surface area contributed by atoms with E-state index in [4.69, 9.17) is 14.2 Å². The van der Waals surface area contributed by atoms with Gasteiger partial charge in [0.25, 0.3) is 0 Å². The quantitative estimate of drug-likeness (QED) is 0.213. The Morgan fingerprint density at radius 3 is 2.50 bits per heavy atom. The van der Waals surface area contributed by atoms with E-state index in [1.54, 1.807) is 7.11 Å². The molecule has 7 heteroatoms. The van der Waals surface area contributed by atoms with Gasteiger partial charge in [-0.3, -0.25) is 9.28 Å². The molecule has 0 bridgehead atoms. The molecule has 1 aromatic rings. The van der Waals surface area contributed by atoms with Crippen molar-refractivity contribution in [2.75, 3.05) is 33.5 Å². The molecule has 1 aromatic carbocycles. The zero-order valence-corrected chi connectivity index (χ0v) is 23.4. The maximum Gasteiger partial charge on any atom is 0.512 e. The lowest BCUT2D eigenvalue weighted by Crippen LogP contribution is -3.00. The number of carbonyl (C=O) groups is 2. The summed E-state index contributed by atoms with van der Waals surface area (Å²) in [5, 5.41) is 0. The lowest BCUT2D eigenvalue weighted by Gasteiger charge is -2.49. The Hall–Kier alpha value is -1.35. The first-order valence-corrected chi connectivity index (χ1v) is 12.7. The molecule has 0 amide bonds. The second-order valence-electron chi connectivity index (χ2n) is 10.5. The number of methoxy groups -OCH3 is 1. The molecular formula is C27H40INO5. The van der Waals surface area contributed by atoms with Crippen molar-refractivity contribution in [3.63, 3.8) is 0 Å². The summed E-state index contributed by atoms with van der Waals surface area (Å²) in [5.41, 5.74) is 2.32. The van der Waals surface area contributed by atoms with Gasteiger partial charge in [0.2, 0.25) is 6.73 Å². The number of ketones is 1. The lowest BCUT2D eigenvalue weighted by molar-refractivity contribution is -0.939. The number of halogens is 1. The number of ether oxygens (including phenoxy) is 3. The van der Waals surface area contributed by atoms with Crippen LogP contribution in [0.3, 0.4) is 0 Å². The molecule has 6 nitrogen and oxygen atoms in total. The fourth-order valence-electron chi connectivity index (χ4n) is 6.90. The van der Waals surface area contributed by atoms with E-state index >= 15 is 0 Å². The summed E-state index contributed by atoms with van der Waals surface area (Å²) in [5.74, 6) is 1.93. The molecule has 3 aliphatic rings. The van der Waals surface area contributed by atoms with Gasteiger partial charge in [0, 0.05) is 17.8 Å². The topological polar surface area (TPSA) is 61.8 Å². The number of hydrogen-bond acceptors (Lipinski definition) is 5. The van der Waals surface area contributed by atoms with Crippen LogP contribution in [-0.2, 0) is 20.7 Å². The minimum atomic E-state index is -0.627. The third-order valence-corrected chi connectivity index (χ3v) is 9.33. The van der Waals surface area contributed by atoms with E-state index < -0.39 is 17.7 Å². The molecule has 0 saturated heterocycles. The van der Waals surface area contributed by atoms with Crippen molar-refractivity contribution in [2.45, 2.75) is 71.8 Å². The number of fused-ring (bicyclic) bond motifs is 5. The van der Waals surface area contributed by atoms with Crippen molar-refractivity contribution in [3.05, 3.63) is 29.3 Å². The van der Waals surface area contributed by atoms with Gasteiger partial charge < -0.3 is 38.2 Å². The smallest absolute Gasteiger partial charge is 0.512 e. The fraction of sp³-hybridized carbons (Fsp3) is 0.704. The van der Waals surface area contributed by atoms with Crippen LogP contribution >= 0.6 is 0 Å². The van der Waals surface area contributed by atoms with Crippen LogP contribution in [0.1, 0.15) is 70.4 Å². The standard InChI is InChI=1S/C27H40NO5.HI/c1-6-28(7-2,8-3)17-32-26(30)33-23-16-24(29)27(4)14-13-21-20-12-10-19(31-5)15-18(20)9-11-22(21)25(23)27;/h10,12,15,21-23,25H,6-9,11,13-14,16-17H2,1-5H3;1H/q+1;/p-1/t21-,22-,23-,25-,27-;/m1./s1. The number of nitrogens with zero attached hydrogens (tertiary/aromatic N) is 1. The van der Waals surface area contributed by atoms with Crippen LogP contribution in [0.25, 0.3) is 0 Å². The van der Waals surface area contributed by atoms with Gasteiger partial charge in [-0.1, -0.05) is 13.0 Å². The van der Waals surface area contributed by atoms with E-state index in [2.05, 4.69) is 39.8 Å². The molecule has 5 atom stereocenters. The zero-order valence-electron chi connectivity index (χ0n) is 21.3. The minimum absolute atomic E-state index is 0. The third-order valence-electron chi connectivity index (χ3n) is 9.33. The van der Waals surface area contributed by atoms with E-state index in [0.717, 1.165) is 51.1 Å². The molecule has 3 aliphatic carbocycles. The predicted molar refractivity (Wildman–Crippen MR) is 126 cm³/mol. The van der Waals surface area contributed by atoms with Crippen molar-refractivity contribution < 1.29 is 52.3 Å². The highest BCUT2D eigenvalue weighted by Crippen LogP contribution is 2.60. The van der Waals surface area contributed by atoms with Crippen LogP contribution in [0.5, 0.6) is 5.75 Å². The van der Waals surface area contributed by atoms with Gasteiger partial charge in [0.15, 0.2) is 0 Å². The summed E-state index contributed by atoms with van der Waals surface area (Å²) < 4.78 is 17.6. The molecule has 34 heavy (non-hydrogen) atoms. The van der Waals surface area contributed by atoms with Crippen LogP contribution < -0.4 is 28.7 Å². The first-order valence-electron chi connectivity index (χ1n) is 12.7. The van der Waals surface area contributed by atoms with Crippen molar-refractivity contribution in [1.82, 2.24) is 0 Å². The highest BCUT2D eigenvalue weighted by Gasteiger charge is 2.60. The second kappa shape index (κ2) is 10.7. The van der Waals surface area contributed by atoms with E-state index in [9.17, 15) is 9.59 Å². The van der Waals surface area contributed by atoms with E-state index in [-0.39, 0.29) is 35.7 Å². The van der Waals surface area contributed by atoms with Gasteiger partial charge in [-0.2, -0.15) is 0 Å². The van der Waals surface area contributed by atoms with E-state index in [1.165, 1.54) is 11.1 Å². The molecule has 0 aromatic heterocycles. The Morgan fingerprint density at radius 1 is 1.15 bits per heavy atom. The molecule has 0 radical (unpaired) electrons. The number of benzene rings is 1. The summed E-state index contributed by atoms with van der Waals surface area (Å²) in [7, 11) is 1.70. The lowest BCUT2D eigenvalue weighted by atomic mass is 9.55. The van der Waals surface area contributed by atoms with Gasteiger partial charge in [0.05, 0.1) is 26.7 Å². The molecular weight excluding hydrogens is 545 g/mol. The van der Waals surface area contributed by atoms with Crippen molar-refractivity contribution in [2.24, 2.45) is 17.3 Å². The summed E-state index contributed by atoms with van der Waals surface area (Å²) in [6.45, 7) is 11.4. The van der Waals surface area contributed by atoms with Gasteiger partial charge in [-0.25, -0.2) is 4.79 Å². The summed E-state index contributed by atoms with van der Waals surface area (Å²) in [6, 6.07) is 6.40. The first kappa shape index (κ1) is 27.2. The zero-order chi connectivity index (χ0) is 23.8. The number of aryl methyl sites for hydroxylation is 1. The Labute approximate surface area is 221 Å². The molecule has 4 rings (SSSR count). The SMILES string of the molecule is CC[N+](CC)(CC)COC(=O)O[C@@H]1CC(=O)[C@@]2(C)CC[C@@H]3c4ccc(OC)cc4CC[C@H]3[C@H]12.[I-]. The van der Waals surface area contributed by atoms with Crippen molar-refractivity contribution >= 4 is 11.9 Å². The van der Waals surface area contributed by atoms with Crippen molar-refractivity contribution in [3.8, 4) is 5.75 Å². The Balaban J connectivity index is 0.00000324. The van der Waals surface area contributed by atoms with Crippen LogP contribution in [0.15, 0.2) is 18.2 Å². The largest absolute Gasteiger partial charge is 1.00 e. The highest BCUT2D eigenvalue weighted by atomic mass is 127. The van der Waals surface area contributed by atoms with Crippen LogP contribution in [0, 0.1) is 17.3 Å². The first-order chi connectivity index (χ1) is 15.8. The average molecular weight is 586 g/mol.